The SMILES string of the molecule is CCCCC/C=C\C/C=C\CCCCCCCC(=O)OCC(COC(=O)CCCCCCCCCCCC/C=C\C/C=C\C/C=C\CCCCCCC)OC(=O)CCCCCCCCC/C=C\CCCCCCCCC. The first-order valence-electron chi connectivity index (χ1n) is 32.9. The fraction of sp³-hybridized carbons (Fsp3) is 0.786. The molecule has 0 aliphatic heterocycles. The summed E-state index contributed by atoms with van der Waals surface area (Å²) in [5.74, 6) is -0.889. The van der Waals surface area contributed by atoms with E-state index in [1.807, 2.05) is 0 Å². The van der Waals surface area contributed by atoms with Crippen LogP contribution in [0.2, 0.25) is 0 Å². The maximum Gasteiger partial charge on any atom is 0.306 e. The summed E-state index contributed by atoms with van der Waals surface area (Å²) in [7, 11) is 0. The van der Waals surface area contributed by atoms with Crippen molar-refractivity contribution >= 4 is 17.9 Å². The number of unbranched alkanes of at least 4 members (excludes halogenated alkanes) is 37. The summed E-state index contributed by atoms with van der Waals surface area (Å²) in [5, 5.41) is 0. The second-order valence-electron chi connectivity index (χ2n) is 22.0. The molecule has 0 aromatic carbocycles. The summed E-state index contributed by atoms with van der Waals surface area (Å²) < 4.78 is 16.9. The molecule has 76 heavy (non-hydrogen) atoms. The lowest BCUT2D eigenvalue weighted by Crippen LogP contribution is -2.30. The summed E-state index contributed by atoms with van der Waals surface area (Å²) in [6.07, 6.45) is 83.3. The quantitative estimate of drug-likeness (QED) is 0.0261. The molecule has 440 valence electrons. The molecule has 0 saturated carbocycles. The van der Waals surface area contributed by atoms with Gasteiger partial charge in [-0.25, -0.2) is 0 Å². The Balaban J connectivity index is 4.34. The number of rotatable bonds is 60. The third kappa shape index (κ3) is 61.7. The molecule has 0 aliphatic rings. The first kappa shape index (κ1) is 72.8. The fourth-order valence-electron chi connectivity index (χ4n) is 9.42. The zero-order valence-electron chi connectivity index (χ0n) is 50.5. The van der Waals surface area contributed by atoms with Crippen molar-refractivity contribution in [3.8, 4) is 0 Å². The van der Waals surface area contributed by atoms with Gasteiger partial charge in [0.25, 0.3) is 0 Å². The van der Waals surface area contributed by atoms with Gasteiger partial charge in [-0.3, -0.25) is 14.4 Å². The highest BCUT2D eigenvalue weighted by molar-refractivity contribution is 5.71. The summed E-state index contributed by atoms with van der Waals surface area (Å²) in [6.45, 7) is 6.62. The molecule has 0 aromatic heterocycles. The van der Waals surface area contributed by atoms with Crippen molar-refractivity contribution < 1.29 is 28.6 Å². The minimum Gasteiger partial charge on any atom is -0.462 e. The van der Waals surface area contributed by atoms with Gasteiger partial charge in [-0.2, -0.15) is 0 Å². The van der Waals surface area contributed by atoms with Gasteiger partial charge >= 0.3 is 17.9 Å². The Morgan fingerprint density at radius 3 is 0.776 bits per heavy atom. The van der Waals surface area contributed by atoms with E-state index in [0.717, 1.165) is 89.9 Å². The molecule has 0 saturated heterocycles. The smallest absolute Gasteiger partial charge is 0.306 e. The Morgan fingerprint density at radius 1 is 0.263 bits per heavy atom. The number of ether oxygens (including phenoxy) is 3. The number of carbonyl (C=O) groups excluding carboxylic acids is 3. The van der Waals surface area contributed by atoms with Crippen LogP contribution in [0.25, 0.3) is 0 Å². The maximum absolute atomic E-state index is 12.9. The zero-order chi connectivity index (χ0) is 55.0. The third-order valence-corrected chi connectivity index (χ3v) is 14.4. The summed E-state index contributed by atoms with van der Waals surface area (Å²) in [5.41, 5.74) is 0. The van der Waals surface area contributed by atoms with Gasteiger partial charge in [0.1, 0.15) is 13.2 Å². The lowest BCUT2D eigenvalue weighted by atomic mass is 10.1. The molecule has 1 atom stereocenters. The van der Waals surface area contributed by atoms with Gasteiger partial charge in [-0.05, 0) is 116 Å². The van der Waals surface area contributed by atoms with Crippen molar-refractivity contribution in [2.24, 2.45) is 0 Å². The van der Waals surface area contributed by atoms with E-state index in [1.54, 1.807) is 0 Å². The Labute approximate surface area is 472 Å². The van der Waals surface area contributed by atoms with Crippen LogP contribution in [0.4, 0.5) is 0 Å². The molecular formula is C70H124O6. The topological polar surface area (TPSA) is 78.9 Å². The van der Waals surface area contributed by atoms with E-state index >= 15 is 0 Å². The minimum atomic E-state index is -0.786. The molecule has 0 aromatic rings. The Morgan fingerprint density at radius 2 is 0.474 bits per heavy atom. The lowest BCUT2D eigenvalue weighted by Gasteiger charge is -2.18. The first-order chi connectivity index (χ1) is 37.5. The largest absolute Gasteiger partial charge is 0.462 e. The molecule has 0 radical (unpaired) electrons. The van der Waals surface area contributed by atoms with Crippen molar-refractivity contribution in [2.75, 3.05) is 13.2 Å². The molecule has 0 aliphatic carbocycles. The molecule has 0 rings (SSSR count). The number of hydrogen-bond donors (Lipinski definition) is 0. The fourth-order valence-corrected chi connectivity index (χ4v) is 9.42. The van der Waals surface area contributed by atoms with E-state index < -0.39 is 6.10 Å². The van der Waals surface area contributed by atoms with Crippen LogP contribution in [-0.2, 0) is 28.6 Å². The van der Waals surface area contributed by atoms with Gasteiger partial charge in [0.05, 0.1) is 0 Å². The van der Waals surface area contributed by atoms with E-state index in [0.29, 0.717) is 19.3 Å². The van der Waals surface area contributed by atoms with Crippen molar-refractivity contribution in [1.82, 2.24) is 0 Å². The monoisotopic (exact) mass is 1060 g/mol. The highest BCUT2D eigenvalue weighted by atomic mass is 16.6. The first-order valence-corrected chi connectivity index (χ1v) is 32.9. The van der Waals surface area contributed by atoms with E-state index in [4.69, 9.17) is 14.2 Å². The molecule has 6 heteroatoms. The Bertz CT molecular complexity index is 1400. The van der Waals surface area contributed by atoms with Gasteiger partial charge in [0, 0.05) is 19.3 Å². The van der Waals surface area contributed by atoms with Crippen LogP contribution in [0, 0.1) is 0 Å². The number of carbonyl (C=O) groups is 3. The van der Waals surface area contributed by atoms with Crippen LogP contribution >= 0.6 is 0 Å². The van der Waals surface area contributed by atoms with Crippen molar-refractivity contribution in [3.63, 3.8) is 0 Å². The average Bonchev–Trinajstić information content (AvgIpc) is 3.42. The molecule has 1 unspecified atom stereocenters. The van der Waals surface area contributed by atoms with E-state index in [1.165, 1.54) is 205 Å². The molecule has 6 nitrogen and oxygen atoms in total. The van der Waals surface area contributed by atoms with Crippen LogP contribution < -0.4 is 0 Å². The predicted molar refractivity (Wildman–Crippen MR) is 330 cm³/mol. The normalized spacial score (nSPS) is 12.5. The van der Waals surface area contributed by atoms with Gasteiger partial charge in [0.2, 0.25) is 0 Å². The van der Waals surface area contributed by atoms with Crippen molar-refractivity contribution in [1.29, 1.82) is 0 Å². The number of hydrogen-bond acceptors (Lipinski definition) is 6. The van der Waals surface area contributed by atoms with Crippen LogP contribution in [0.15, 0.2) is 72.9 Å². The zero-order valence-corrected chi connectivity index (χ0v) is 50.5. The molecule has 0 fully saturated rings. The maximum atomic E-state index is 12.9. The second kappa shape index (κ2) is 64.4. The second-order valence-corrected chi connectivity index (χ2v) is 22.0. The van der Waals surface area contributed by atoms with Crippen LogP contribution in [0.5, 0.6) is 0 Å². The predicted octanol–water partition coefficient (Wildman–Crippen LogP) is 22.5. The van der Waals surface area contributed by atoms with E-state index in [-0.39, 0.29) is 31.1 Å². The van der Waals surface area contributed by atoms with Crippen LogP contribution in [0.3, 0.4) is 0 Å². The summed E-state index contributed by atoms with van der Waals surface area (Å²) >= 11 is 0. The summed E-state index contributed by atoms with van der Waals surface area (Å²) in [6, 6.07) is 0. The van der Waals surface area contributed by atoms with E-state index in [9.17, 15) is 14.4 Å². The molecule has 0 heterocycles. The van der Waals surface area contributed by atoms with Crippen molar-refractivity contribution in [3.05, 3.63) is 72.9 Å². The number of allylic oxidation sites excluding steroid dienone is 12. The van der Waals surface area contributed by atoms with Crippen molar-refractivity contribution in [2.45, 2.75) is 341 Å². The lowest BCUT2D eigenvalue weighted by molar-refractivity contribution is -0.167. The van der Waals surface area contributed by atoms with Gasteiger partial charge in [-0.1, -0.05) is 273 Å². The minimum absolute atomic E-state index is 0.0824. The molecular weight excluding hydrogens is 937 g/mol. The van der Waals surface area contributed by atoms with Gasteiger partial charge < -0.3 is 14.2 Å². The van der Waals surface area contributed by atoms with Crippen LogP contribution in [-0.4, -0.2) is 37.2 Å². The molecule has 0 spiro atoms. The highest BCUT2D eigenvalue weighted by Gasteiger charge is 2.19. The van der Waals surface area contributed by atoms with Gasteiger partial charge in [0.15, 0.2) is 6.10 Å². The molecule has 0 bridgehead atoms. The average molecular weight is 1060 g/mol. The van der Waals surface area contributed by atoms with E-state index in [2.05, 4.69) is 93.7 Å². The van der Waals surface area contributed by atoms with Crippen LogP contribution in [0.1, 0.15) is 335 Å². The standard InChI is InChI=1S/C70H124O6/c1-4-7-10-13-16-19-22-25-28-30-32-33-34-35-36-37-38-40-42-45-48-51-54-57-60-63-69(72)75-66-67(65-74-68(71)62-59-56-53-50-47-44-41-27-24-21-18-15-12-9-6-3)76-70(73)64-61-58-55-52-49-46-43-39-31-29-26-23-20-17-14-11-8-5-2/h18,21-22,25,27,29-32,34-35,41,67H,4-17,19-20,23-24,26,28,33,36-40,42-66H2,1-3H3/b21-18-,25-22-,31-29-,32-30-,35-34-,41-27-. The molecule has 0 N–H and O–H groups in total. The van der Waals surface area contributed by atoms with Gasteiger partial charge in [-0.15, -0.1) is 0 Å². The molecule has 0 amide bonds. The highest BCUT2D eigenvalue weighted by Crippen LogP contribution is 2.16. The Kier molecular flexibility index (Phi) is 61.7. The third-order valence-electron chi connectivity index (χ3n) is 14.4. The Hall–Kier alpha value is -3.15. The number of esters is 3. The summed E-state index contributed by atoms with van der Waals surface area (Å²) in [4.78, 5) is 38.3.